The number of rotatable bonds is 3. The summed E-state index contributed by atoms with van der Waals surface area (Å²) in [5.74, 6) is 0.208. The zero-order valence-electron chi connectivity index (χ0n) is 14.2. The number of likely N-dealkylation sites (tertiary alicyclic amines) is 1. The number of Topliss-reactive ketones (excluding diaryl/α,β-unsaturated/α-hetero) is 1. The van der Waals surface area contributed by atoms with Crippen LogP contribution in [0, 0.1) is 12.3 Å². The molecule has 0 aliphatic carbocycles. The summed E-state index contributed by atoms with van der Waals surface area (Å²) in [5.41, 5.74) is -0.231. The first-order valence-electron chi connectivity index (χ1n) is 8.62. The molecular weight excluding hydrogens is 322 g/mol. The van der Waals surface area contributed by atoms with Crippen molar-refractivity contribution < 1.29 is 19.1 Å². The van der Waals surface area contributed by atoms with Gasteiger partial charge in [0, 0.05) is 18.0 Å². The van der Waals surface area contributed by atoms with E-state index in [4.69, 9.17) is 9.15 Å². The Morgan fingerprint density at radius 2 is 2.00 bits per heavy atom. The predicted octanol–water partition coefficient (Wildman–Crippen LogP) is 1.75. The summed E-state index contributed by atoms with van der Waals surface area (Å²) in [6, 6.07) is 4.94. The molecule has 25 heavy (non-hydrogen) atoms. The Hall–Kier alpha value is -2.18. The maximum atomic E-state index is 13.4. The van der Waals surface area contributed by atoms with Crippen LogP contribution >= 0.6 is 0 Å². The van der Waals surface area contributed by atoms with Crippen LogP contribution in [0.5, 0.6) is 5.75 Å². The largest absolute Gasteiger partial charge is 0.491 e. The first-order valence-corrected chi connectivity index (χ1v) is 8.62. The molecule has 0 bridgehead atoms. The van der Waals surface area contributed by atoms with E-state index in [1.807, 2.05) is 6.92 Å². The van der Waals surface area contributed by atoms with Crippen LogP contribution in [-0.2, 0) is 0 Å². The van der Waals surface area contributed by atoms with Crippen molar-refractivity contribution in [2.45, 2.75) is 19.8 Å². The SMILES string of the molecule is Cc1cc(=O)oc2c3c(ccc12)OCC(CO)(CN1CCCC1)C3=O. The molecule has 0 saturated carbocycles. The highest BCUT2D eigenvalue weighted by Gasteiger charge is 2.46. The summed E-state index contributed by atoms with van der Waals surface area (Å²) < 4.78 is 11.2. The monoisotopic (exact) mass is 343 g/mol. The molecule has 2 aliphatic heterocycles. The van der Waals surface area contributed by atoms with Crippen LogP contribution in [0.2, 0.25) is 0 Å². The van der Waals surface area contributed by atoms with Crippen molar-refractivity contribution in [3.8, 4) is 5.75 Å². The molecule has 1 aromatic heterocycles. The Bertz CT molecular complexity index is 897. The Balaban J connectivity index is 1.85. The van der Waals surface area contributed by atoms with Gasteiger partial charge in [0.15, 0.2) is 11.4 Å². The molecule has 1 saturated heterocycles. The zero-order valence-corrected chi connectivity index (χ0v) is 14.2. The van der Waals surface area contributed by atoms with Gasteiger partial charge >= 0.3 is 5.63 Å². The van der Waals surface area contributed by atoms with E-state index < -0.39 is 11.0 Å². The van der Waals surface area contributed by atoms with Gasteiger partial charge in [-0.25, -0.2) is 4.79 Å². The molecule has 6 heteroatoms. The summed E-state index contributed by atoms with van der Waals surface area (Å²) in [4.78, 5) is 27.4. The molecule has 0 amide bonds. The van der Waals surface area contributed by atoms with E-state index in [0.717, 1.165) is 31.5 Å². The lowest BCUT2D eigenvalue weighted by Crippen LogP contribution is -2.51. The quantitative estimate of drug-likeness (QED) is 0.856. The standard InChI is InChI=1S/C19H21NO5/c1-12-8-15(22)25-17-13(12)4-5-14-16(17)18(23)19(10-21,11-24-14)9-20-6-2-3-7-20/h4-5,8,21H,2-3,6-7,9-11H2,1H3. The van der Waals surface area contributed by atoms with Crippen LogP contribution in [0.4, 0.5) is 0 Å². The van der Waals surface area contributed by atoms with Crippen LogP contribution in [0.3, 0.4) is 0 Å². The van der Waals surface area contributed by atoms with Crippen molar-refractivity contribution >= 4 is 16.8 Å². The summed E-state index contributed by atoms with van der Waals surface area (Å²) in [5, 5.41) is 10.8. The molecule has 0 radical (unpaired) electrons. The van der Waals surface area contributed by atoms with Gasteiger partial charge in [0.25, 0.3) is 0 Å². The number of aliphatic hydroxyl groups excluding tert-OH is 1. The minimum Gasteiger partial charge on any atom is -0.491 e. The number of benzene rings is 1. The smallest absolute Gasteiger partial charge is 0.336 e. The third kappa shape index (κ3) is 2.56. The van der Waals surface area contributed by atoms with Crippen molar-refractivity contribution in [2.24, 2.45) is 5.41 Å². The topological polar surface area (TPSA) is 80.0 Å². The third-order valence-electron chi connectivity index (χ3n) is 5.32. The zero-order chi connectivity index (χ0) is 17.6. The highest BCUT2D eigenvalue weighted by Crippen LogP contribution is 2.39. The molecular formula is C19H21NO5. The van der Waals surface area contributed by atoms with Crippen molar-refractivity contribution in [3.05, 3.63) is 39.7 Å². The normalized spacial score (nSPS) is 23.7. The Kier molecular flexibility index (Phi) is 3.89. The second kappa shape index (κ2) is 5.97. The Morgan fingerprint density at radius 1 is 1.24 bits per heavy atom. The highest BCUT2D eigenvalue weighted by atomic mass is 16.5. The lowest BCUT2D eigenvalue weighted by molar-refractivity contribution is 0.0242. The van der Waals surface area contributed by atoms with Crippen LogP contribution in [0.15, 0.2) is 27.4 Å². The maximum absolute atomic E-state index is 13.4. The number of ether oxygens (including phenoxy) is 1. The first kappa shape index (κ1) is 16.3. The van der Waals surface area contributed by atoms with Crippen molar-refractivity contribution in [1.82, 2.24) is 4.90 Å². The molecule has 1 atom stereocenters. The van der Waals surface area contributed by atoms with Gasteiger partial charge in [-0.1, -0.05) is 0 Å². The minimum atomic E-state index is -1.02. The number of hydrogen-bond donors (Lipinski definition) is 1. The van der Waals surface area contributed by atoms with Gasteiger partial charge in [0.1, 0.15) is 23.3 Å². The molecule has 2 aliphatic rings. The lowest BCUT2D eigenvalue weighted by Gasteiger charge is -2.37. The number of aryl methyl sites for hydroxylation is 1. The van der Waals surface area contributed by atoms with E-state index in [-0.39, 0.29) is 30.1 Å². The average Bonchev–Trinajstić information content (AvgIpc) is 3.09. The predicted molar refractivity (Wildman–Crippen MR) is 92.2 cm³/mol. The summed E-state index contributed by atoms with van der Waals surface area (Å²) in [6.45, 7) is 3.94. The fourth-order valence-electron chi connectivity index (χ4n) is 3.90. The van der Waals surface area contributed by atoms with Crippen LogP contribution in [0.25, 0.3) is 11.0 Å². The third-order valence-corrected chi connectivity index (χ3v) is 5.32. The van der Waals surface area contributed by atoms with Gasteiger partial charge in [0.2, 0.25) is 0 Å². The molecule has 4 rings (SSSR count). The second-order valence-corrected chi connectivity index (χ2v) is 7.10. The van der Waals surface area contributed by atoms with Crippen LogP contribution in [0.1, 0.15) is 28.8 Å². The number of fused-ring (bicyclic) bond motifs is 3. The molecule has 1 unspecified atom stereocenters. The average molecular weight is 343 g/mol. The van der Waals surface area contributed by atoms with Gasteiger partial charge in [-0.2, -0.15) is 0 Å². The maximum Gasteiger partial charge on any atom is 0.336 e. The highest BCUT2D eigenvalue weighted by molar-refractivity contribution is 6.12. The molecule has 3 heterocycles. The lowest BCUT2D eigenvalue weighted by atomic mass is 9.78. The number of carbonyl (C=O) groups is 1. The molecule has 1 fully saturated rings. The fourth-order valence-corrected chi connectivity index (χ4v) is 3.90. The number of ketones is 1. The van der Waals surface area contributed by atoms with Gasteiger partial charge in [-0.05, 0) is 50.6 Å². The molecule has 1 N–H and O–H groups in total. The fraction of sp³-hybridized carbons (Fsp3) is 0.474. The first-order chi connectivity index (χ1) is 12.0. The molecule has 132 valence electrons. The number of nitrogens with zero attached hydrogens (tertiary/aromatic N) is 1. The molecule has 2 aromatic rings. The molecule has 6 nitrogen and oxygen atoms in total. The van der Waals surface area contributed by atoms with Crippen molar-refractivity contribution in [3.63, 3.8) is 0 Å². The second-order valence-electron chi connectivity index (χ2n) is 7.10. The minimum absolute atomic E-state index is 0.132. The van der Waals surface area contributed by atoms with E-state index in [1.165, 1.54) is 6.07 Å². The Morgan fingerprint density at radius 3 is 2.72 bits per heavy atom. The van der Waals surface area contributed by atoms with E-state index >= 15 is 0 Å². The molecule has 0 spiro atoms. The van der Waals surface area contributed by atoms with E-state index in [9.17, 15) is 14.7 Å². The van der Waals surface area contributed by atoms with Gasteiger partial charge in [-0.3, -0.25) is 4.79 Å². The van der Waals surface area contributed by atoms with Crippen LogP contribution < -0.4 is 10.4 Å². The summed E-state index contributed by atoms with van der Waals surface area (Å²) in [7, 11) is 0. The Labute approximate surface area is 145 Å². The van der Waals surface area contributed by atoms with Gasteiger partial charge < -0.3 is 19.2 Å². The van der Waals surface area contributed by atoms with Gasteiger partial charge in [-0.15, -0.1) is 0 Å². The number of aliphatic hydroxyl groups is 1. The molecule has 1 aromatic carbocycles. The number of hydrogen-bond acceptors (Lipinski definition) is 6. The van der Waals surface area contributed by atoms with E-state index in [1.54, 1.807) is 12.1 Å². The van der Waals surface area contributed by atoms with Crippen molar-refractivity contribution in [1.29, 1.82) is 0 Å². The van der Waals surface area contributed by atoms with Gasteiger partial charge in [0.05, 0.1) is 6.61 Å². The van der Waals surface area contributed by atoms with Crippen LogP contribution in [-0.4, -0.2) is 48.6 Å². The number of carbonyl (C=O) groups excluding carboxylic acids is 1. The summed E-state index contributed by atoms with van der Waals surface area (Å²) >= 11 is 0. The van der Waals surface area contributed by atoms with E-state index in [2.05, 4.69) is 4.90 Å². The van der Waals surface area contributed by atoms with Crippen molar-refractivity contribution in [2.75, 3.05) is 32.8 Å². The summed E-state index contributed by atoms with van der Waals surface area (Å²) in [6.07, 6.45) is 2.20. The van der Waals surface area contributed by atoms with E-state index in [0.29, 0.717) is 17.7 Å².